The van der Waals surface area contributed by atoms with E-state index in [-0.39, 0.29) is 12.1 Å². The Bertz CT molecular complexity index is 1160. The molecule has 1 aromatic carbocycles. The molecular weight excluding hydrogens is 433 g/mol. The number of aryl methyl sites for hydroxylation is 2. The summed E-state index contributed by atoms with van der Waals surface area (Å²) in [5.41, 5.74) is 1.64. The van der Waals surface area contributed by atoms with E-state index in [1.165, 1.54) is 17.0 Å². The second-order valence-corrected chi connectivity index (χ2v) is 7.75. The standard InChI is InChI=1S/C20H18ClF3N6O/c1-10-9-11(2)26-19(25-10)30-15-7-8-29(12(3)17(15)27-28-30)18(31)13-5-4-6-14(16(13)21)20(22,23)24/h4-6,9,12H,7-8H2,1-3H3/t12-/m0/s1. The molecule has 1 aliphatic heterocycles. The van der Waals surface area contributed by atoms with Gasteiger partial charge in [-0.1, -0.05) is 22.9 Å². The molecule has 0 saturated carbocycles. The van der Waals surface area contributed by atoms with E-state index in [1.54, 1.807) is 11.6 Å². The number of benzene rings is 1. The molecule has 0 unspecified atom stereocenters. The summed E-state index contributed by atoms with van der Waals surface area (Å²) < 4.78 is 41.1. The van der Waals surface area contributed by atoms with E-state index in [9.17, 15) is 18.0 Å². The molecule has 2 aromatic heterocycles. The van der Waals surface area contributed by atoms with Gasteiger partial charge in [-0.2, -0.15) is 17.9 Å². The van der Waals surface area contributed by atoms with Gasteiger partial charge in [0, 0.05) is 24.4 Å². The molecule has 0 aliphatic carbocycles. The van der Waals surface area contributed by atoms with Gasteiger partial charge in [0.25, 0.3) is 11.9 Å². The first-order chi connectivity index (χ1) is 14.6. The third-order valence-electron chi connectivity index (χ3n) is 5.20. The topological polar surface area (TPSA) is 76.8 Å². The zero-order valence-electron chi connectivity index (χ0n) is 16.9. The Morgan fingerprint density at radius 3 is 2.52 bits per heavy atom. The van der Waals surface area contributed by atoms with Crippen molar-refractivity contribution in [2.24, 2.45) is 0 Å². The van der Waals surface area contributed by atoms with Crippen molar-refractivity contribution in [3.05, 3.63) is 63.2 Å². The maximum Gasteiger partial charge on any atom is 0.417 e. The smallest absolute Gasteiger partial charge is 0.330 e. The third-order valence-corrected chi connectivity index (χ3v) is 5.61. The van der Waals surface area contributed by atoms with Gasteiger partial charge in [0.1, 0.15) is 5.69 Å². The maximum absolute atomic E-state index is 13.2. The highest BCUT2D eigenvalue weighted by molar-refractivity contribution is 6.34. The molecule has 0 spiro atoms. The number of aromatic nitrogens is 5. The highest BCUT2D eigenvalue weighted by Gasteiger charge is 2.37. The molecule has 0 fully saturated rings. The summed E-state index contributed by atoms with van der Waals surface area (Å²) in [5, 5.41) is 7.76. The Hall–Kier alpha value is -3.01. The fraction of sp³-hybridized carbons (Fsp3) is 0.350. The van der Waals surface area contributed by atoms with Crippen molar-refractivity contribution in [3.8, 4) is 5.95 Å². The Kier molecular flexibility index (Phi) is 5.20. The van der Waals surface area contributed by atoms with E-state index >= 15 is 0 Å². The molecule has 162 valence electrons. The van der Waals surface area contributed by atoms with Crippen LogP contribution in [-0.2, 0) is 12.6 Å². The molecule has 1 amide bonds. The number of hydrogen-bond donors (Lipinski definition) is 0. The van der Waals surface area contributed by atoms with Crippen LogP contribution in [0.3, 0.4) is 0 Å². The van der Waals surface area contributed by atoms with E-state index in [0.717, 1.165) is 23.1 Å². The van der Waals surface area contributed by atoms with E-state index in [4.69, 9.17) is 11.6 Å². The first-order valence-electron chi connectivity index (χ1n) is 9.51. The van der Waals surface area contributed by atoms with Gasteiger partial charge < -0.3 is 4.90 Å². The van der Waals surface area contributed by atoms with Gasteiger partial charge in [0.2, 0.25) is 0 Å². The molecule has 7 nitrogen and oxygen atoms in total. The van der Waals surface area contributed by atoms with Crippen LogP contribution in [0, 0.1) is 13.8 Å². The highest BCUT2D eigenvalue weighted by Crippen LogP contribution is 2.38. The Morgan fingerprint density at radius 2 is 1.87 bits per heavy atom. The molecule has 3 aromatic rings. The van der Waals surface area contributed by atoms with Crippen LogP contribution in [0.25, 0.3) is 5.95 Å². The summed E-state index contributed by atoms with van der Waals surface area (Å²) in [6.45, 7) is 5.71. The van der Waals surface area contributed by atoms with Crippen LogP contribution in [0.15, 0.2) is 24.3 Å². The molecule has 31 heavy (non-hydrogen) atoms. The number of carbonyl (C=O) groups excluding carboxylic acids is 1. The van der Waals surface area contributed by atoms with Gasteiger partial charge in [0.05, 0.1) is 27.9 Å². The number of nitrogens with zero attached hydrogens (tertiary/aromatic N) is 6. The summed E-state index contributed by atoms with van der Waals surface area (Å²) in [5.74, 6) is -0.203. The Labute approximate surface area is 180 Å². The largest absolute Gasteiger partial charge is 0.417 e. The molecular formula is C20H18ClF3N6O. The van der Waals surface area contributed by atoms with Crippen molar-refractivity contribution in [3.63, 3.8) is 0 Å². The minimum absolute atomic E-state index is 0.197. The van der Waals surface area contributed by atoms with Gasteiger partial charge in [0.15, 0.2) is 0 Å². The number of halogens is 4. The highest BCUT2D eigenvalue weighted by atomic mass is 35.5. The van der Waals surface area contributed by atoms with Crippen molar-refractivity contribution in [2.75, 3.05) is 6.54 Å². The summed E-state index contributed by atoms with van der Waals surface area (Å²) in [6.07, 6.45) is -4.26. The van der Waals surface area contributed by atoms with Gasteiger partial charge in [-0.15, -0.1) is 5.10 Å². The lowest BCUT2D eigenvalue weighted by molar-refractivity contribution is -0.137. The molecule has 0 radical (unpaired) electrons. The van der Waals surface area contributed by atoms with Crippen LogP contribution in [0.5, 0.6) is 0 Å². The predicted molar refractivity (Wildman–Crippen MR) is 106 cm³/mol. The number of amides is 1. The van der Waals surface area contributed by atoms with Crippen LogP contribution in [0.4, 0.5) is 13.2 Å². The van der Waals surface area contributed by atoms with Gasteiger partial charge in [-0.25, -0.2) is 9.97 Å². The second kappa shape index (κ2) is 7.60. The average molecular weight is 451 g/mol. The molecule has 1 atom stereocenters. The zero-order valence-corrected chi connectivity index (χ0v) is 17.7. The van der Waals surface area contributed by atoms with Gasteiger partial charge in [-0.3, -0.25) is 4.79 Å². The molecule has 3 heterocycles. The number of carbonyl (C=O) groups is 1. The average Bonchev–Trinajstić information content (AvgIpc) is 3.11. The molecule has 0 bridgehead atoms. The fourth-order valence-electron chi connectivity index (χ4n) is 3.75. The quantitative estimate of drug-likeness (QED) is 0.587. The summed E-state index contributed by atoms with van der Waals surface area (Å²) >= 11 is 5.95. The number of fused-ring (bicyclic) bond motifs is 1. The van der Waals surface area contributed by atoms with Gasteiger partial charge in [-0.05, 0) is 39.0 Å². The minimum Gasteiger partial charge on any atom is -0.330 e. The summed E-state index contributed by atoms with van der Waals surface area (Å²) in [4.78, 5) is 23.3. The number of alkyl halides is 3. The lowest BCUT2D eigenvalue weighted by Crippen LogP contribution is -2.39. The van der Waals surface area contributed by atoms with E-state index in [1.807, 2.05) is 19.9 Å². The van der Waals surface area contributed by atoms with Crippen molar-refractivity contribution in [1.82, 2.24) is 29.9 Å². The Morgan fingerprint density at radius 1 is 1.19 bits per heavy atom. The third kappa shape index (κ3) is 3.76. The number of rotatable bonds is 2. The molecule has 0 saturated heterocycles. The van der Waals surface area contributed by atoms with E-state index in [2.05, 4.69) is 20.3 Å². The first kappa shape index (κ1) is 21.2. The van der Waals surface area contributed by atoms with Gasteiger partial charge >= 0.3 is 6.18 Å². The van der Waals surface area contributed by atoms with Crippen molar-refractivity contribution >= 4 is 17.5 Å². The lowest BCUT2D eigenvalue weighted by Gasteiger charge is -2.33. The molecule has 0 N–H and O–H groups in total. The first-order valence-corrected chi connectivity index (χ1v) is 9.89. The summed E-state index contributed by atoms with van der Waals surface area (Å²) in [7, 11) is 0. The molecule has 1 aliphatic rings. The lowest BCUT2D eigenvalue weighted by atomic mass is 10.0. The Balaban J connectivity index is 1.67. The second-order valence-electron chi connectivity index (χ2n) is 7.37. The van der Waals surface area contributed by atoms with Crippen LogP contribution >= 0.6 is 11.6 Å². The molecule has 11 heteroatoms. The van der Waals surface area contributed by atoms with E-state index in [0.29, 0.717) is 18.1 Å². The van der Waals surface area contributed by atoms with Crippen LogP contribution in [0.2, 0.25) is 5.02 Å². The van der Waals surface area contributed by atoms with E-state index < -0.39 is 28.7 Å². The number of hydrogen-bond acceptors (Lipinski definition) is 5. The monoisotopic (exact) mass is 450 g/mol. The predicted octanol–water partition coefficient (Wildman–Crippen LogP) is 4.11. The molecule has 4 rings (SSSR count). The van der Waals surface area contributed by atoms with Crippen molar-refractivity contribution < 1.29 is 18.0 Å². The normalized spacial score (nSPS) is 16.4. The van der Waals surface area contributed by atoms with Crippen molar-refractivity contribution in [1.29, 1.82) is 0 Å². The van der Waals surface area contributed by atoms with Crippen molar-refractivity contribution in [2.45, 2.75) is 39.4 Å². The SMILES string of the molecule is Cc1cc(C)nc(-n2nnc3c2CCN(C(=O)c2cccc(C(F)(F)F)c2Cl)[C@H]3C)n1. The fourth-order valence-corrected chi connectivity index (χ4v) is 4.06. The minimum atomic E-state index is -4.65. The summed E-state index contributed by atoms with van der Waals surface area (Å²) in [6, 6.07) is 4.65. The van der Waals surface area contributed by atoms with Crippen LogP contribution < -0.4 is 0 Å². The maximum atomic E-state index is 13.2. The van der Waals surface area contributed by atoms with Crippen LogP contribution in [-0.4, -0.2) is 42.3 Å². The zero-order chi connectivity index (χ0) is 22.5. The van der Waals surface area contributed by atoms with Crippen LogP contribution in [0.1, 0.15) is 51.7 Å².